The molecule has 0 saturated heterocycles. The first-order chi connectivity index (χ1) is 11.7. The average molecular weight is 381 g/mol. The van der Waals surface area contributed by atoms with Gasteiger partial charge in [-0.25, -0.2) is 0 Å². The molecule has 0 amide bonds. The highest BCUT2D eigenvalue weighted by atomic mass is 79.9. The molecule has 0 aliphatic carbocycles. The zero-order valence-electron chi connectivity index (χ0n) is 13.1. The predicted molar refractivity (Wildman–Crippen MR) is 101 cm³/mol. The van der Waals surface area contributed by atoms with E-state index in [1.165, 1.54) is 5.56 Å². The minimum atomic E-state index is 0.216. The summed E-state index contributed by atoms with van der Waals surface area (Å²) in [5.74, 6) is 0.216. The summed E-state index contributed by atoms with van der Waals surface area (Å²) in [5, 5.41) is 9.86. The summed E-state index contributed by atoms with van der Waals surface area (Å²) in [4.78, 5) is 8.82. The van der Waals surface area contributed by atoms with Crippen molar-refractivity contribution in [1.29, 1.82) is 0 Å². The maximum atomic E-state index is 9.86. The average Bonchev–Trinajstić information content (AvgIpc) is 2.62. The van der Waals surface area contributed by atoms with E-state index in [0.717, 1.165) is 28.7 Å². The summed E-state index contributed by atoms with van der Waals surface area (Å²) >= 11 is 3.40. The number of halogens is 1. The van der Waals surface area contributed by atoms with Gasteiger partial charge >= 0.3 is 0 Å². The van der Waals surface area contributed by atoms with E-state index in [-0.39, 0.29) is 5.75 Å². The predicted octanol–water partition coefficient (Wildman–Crippen LogP) is 5.09. The van der Waals surface area contributed by atoms with Crippen LogP contribution in [0.5, 0.6) is 5.75 Å². The fourth-order valence-corrected chi connectivity index (χ4v) is 2.76. The Morgan fingerprint density at radius 1 is 1.00 bits per heavy atom. The van der Waals surface area contributed by atoms with E-state index in [1.54, 1.807) is 18.3 Å². The van der Waals surface area contributed by atoms with Crippen molar-refractivity contribution < 1.29 is 5.11 Å². The zero-order chi connectivity index (χ0) is 16.8. The van der Waals surface area contributed by atoms with E-state index in [4.69, 9.17) is 0 Å². The number of phenolic OH excluding ortho intramolecular Hbond substituents is 1. The maximum absolute atomic E-state index is 9.86. The van der Waals surface area contributed by atoms with E-state index in [2.05, 4.69) is 38.0 Å². The molecule has 3 nitrogen and oxygen atoms in total. The van der Waals surface area contributed by atoms with E-state index in [9.17, 15) is 5.11 Å². The molecule has 2 aromatic carbocycles. The smallest absolute Gasteiger partial charge is 0.124 e. The van der Waals surface area contributed by atoms with Gasteiger partial charge in [0.2, 0.25) is 0 Å². The second kappa shape index (κ2) is 7.88. The Morgan fingerprint density at radius 3 is 2.75 bits per heavy atom. The first-order valence-corrected chi connectivity index (χ1v) is 8.51. The number of aryl methyl sites for hydroxylation is 2. The van der Waals surface area contributed by atoms with E-state index < -0.39 is 0 Å². The van der Waals surface area contributed by atoms with Crippen LogP contribution in [0, 0.1) is 0 Å². The van der Waals surface area contributed by atoms with Gasteiger partial charge in [0.05, 0.1) is 5.69 Å². The van der Waals surface area contributed by atoms with Crippen LogP contribution in [0.3, 0.4) is 0 Å². The minimum absolute atomic E-state index is 0.216. The number of rotatable bonds is 5. The Hall–Kier alpha value is -2.46. The Balaban J connectivity index is 1.71. The molecule has 0 aliphatic heterocycles. The highest BCUT2D eigenvalue weighted by molar-refractivity contribution is 9.10. The van der Waals surface area contributed by atoms with E-state index in [1.807, 2.05) is 42.6 Å². The normalized spacial score (nSPS) is 11.0. The van der Waals surface area contributed by atoms with Crippen LogP contribution >= 0.6 is 15.9 Å². The Kier molecular flexibility index (Phi) is 5.39. The highest BCUT2D eigenvalue weighted by Crippen LogP contribution is 2.22. The van der Waals surface area contributed by atoms with Crippen LogP contribution in [-0.2, 0) is 12.8 Å². The molecule has 0 saturated carbocycles. The zero-order valence-corrected chi connectivity index (χ0v) is 14.6. The lowest BCUT2D eigenvalue weighted by Gasteiger charge is -2.03. The van der Waals surface area contributed by atoms with Crippen LogP contribution in [0.15, 0.2) is 76.3 Å². The van der Waals surface area contributed by atoms with Crippen LogP contribution in [0.4, 0.5) is 5.69 Å². The van der Waals surface area contributed by atoms with Crippen LogP contribution in [0.1, 0.15) is 16.8 Å². The van der Waals surface area contributed by atoms with Gasteiger partial charge in [-0.05, 0) is 60.9 Å². The lowest BCUT2D eigenvalue weighted by Crippen LogP contribution is -1.93. The highest BCUT2D eigenvalue weighted by Gasteiger charge is 2.00. The van der Waals surface area contributed by atoms with E-state index >= 15 is 0 Å². The number of aromatic nitrogens is 1. The monoisotopic (exact) mass is 380 g/mol. The third-order valence-electron chi connectivity index (χ3n) is 3.65. The molecule has 0 atom stereocenters. The summed E-state index contributed by atoms with van der Waals surface area (Å²) in [7, 11) is 0. The molecule has 3 rings (SSSR count). The Labute approximate surface area is 149 Å². The fraction of sp³-hybridized carbons (Fsp3) is 0.100. The summed E-state index contributed by atoms with van der Waals surface area (Å²) in [6.45, 7) is 0. The third kappa shape index (κ3) is 4.52. The van der Waals surface area contributed by atoms with Crippen molar-refractivity contribution >= 4 is 27.8 Å². The van der Waals surface area contributed by atoms with Crippen molar-refractivity contribution in [3.8, 4) is 5.75 Å². The molecule has 0 bridgehead atoms. The summed E-state index contributed by atoms with van der Waals surface area (Å²) in [6, 6.07) is 19.4. The van der Waals surface area contributed by atoms with Crippen molar-refractivity contribution in [2.24, 2.45) is 4.99 Å². The molecule has 0 aliphatic rings. The maximum Gasteiger partial charge on any atom is 0.124 e. The van der Waals surface area contributed by atoms with Gasteiger partial charge in [-0.1, -0.05) is 34.1 Å². The van der Waals surface area contributed by atoms with Gasteiger partial charge < -0.3 is 5.11 Å². The number of nitrogens with zero attached hydrogens (tertiary/aromatic N) is 2. The second-order valence-corrected chi connectivity index (χ2v) is 6.37. The molecule has 1 heterocycles. The van der Waals surface area contributed by atoms with E-state index in [0.29, 0.717) is 5.56 Å². The summed E-state index contributed by atoms with van der Waals surface area (Å²) in [6.07, 6.45) is 5.32. The minimum Gasteiger partial charge on any atom is -0.507 e. The number of aromatic hydroxyl groups is 1. The molecule has 24 heavy (non-hydrogen) atoms. The number of hydrogen-bond acceptors (Lipinski definition) is 3. The standard InChI is InChI=1S/C20H17BrN2O/c21-17-8-10-20(24)16(13-17)14-23-19-6-3-4-15(12-19)7-9-18-5-1-2-11-22-18/h1-6,8,10-14,24H,7,9H2. The van der Waals surface area contributed by atoms with Crippen molar-refractivity contribution in [3.63, 3.8) is 0 Å². The van der Waals surface area contributed by atoms with Gasteiger partial charge in [0.1, 0.15) is 5.75 Å². The molecule has 4 heteroatoms. The quantitative estimate of drug-likeness (QED) is 0.626. The number of aliphatic imine (C=N–C) groups is 1. The van der Waals surface area contributed by atoms with Crippen molar-refractivity contribution in [2.45, 2.75) is 12.8 Å². The fourth-order valence-electron chi connectivity index (χ4n) is 2.38. The van der Waals surface area contributed by atoms with Gasteiger partial charge in [-0.2, -0.15) is 0 Å². The molecule has 3 aromatic rings. The SMILES string of the molecule is Oc1ccc(Br)cc1C=Nc1cccc(CCc2ccccn2)c1. The van der Waals surface area contributed by atoms with Gasteiger partial charge in [0, 0.05) is 28.1 Å². The van der Waals surface area contributed by atoms with Crippen LogP contribution < -0.4 is 0 Å². The first kappa shape index (κ1) is 16.4. The molecular weight excluding hydrogens is 364 g/mol. The molecule has 0 radical (unpaired) electrons. The lowest BCUT2D eigenvalue weighted by molar-refractivity contribution is 0.474. The number of pyridine rings is 1. The lowest BCUT2D eigenvalue weighted by atomic mass is 10.1. The van der Waals surface area contributed by atoms with Gasteiger partial charge in [0.15, 0.2) is 0 Å². The summed E-state index contributed by atoms with van der Waals surface area (Å²) < 4.78 is 0.908. The molecule has 0 fully saturated rings. The number of hydrogen-bond donors (Lipinski definition) is 1. The van der Waals surface area contributed by atoms with Gasteiger partial charge in [-0.15, -0.1) is 0 Å². The Bertz CT molecular complexity index is 847. The van der Waals surface area contributed by atoms with Crippen LogP contribution in [-0.4, -0.2) is 16.3 Å². The van der Waals surface area contributed by atoms with Crippen LogP contribution in [0.2, 0.25) is 0 Å². The van der Waals surface area contributed by atoms with Crippen molar-refractivity contribution in [2.75, 3.05) is 0 Å². The molecule has 1 aromatic heterocycles. The molecule has 1 N–H and O–H groups in total. The molecule has 120 valence electrons. The summed E-state index contributed by atoms with van der Waals surface area (Å²) in [5.41, 5.74) is 3.86. The molecule has 0 unspecified atom stereocenters. The van der Waals surface area contributed by atoms with Crippen molar-refractivity contribution in [1.82, 2.24) is 4.98 Å². The van der Waals surface area contributed by atoms with Gasteiger partial charge in [-0.3, -0.25) is 9.98 Å². The molecular formula is C20H17BrN2O. The first-order valence-electron chi connectivity index (χ1n) is 7.72. The van der Waals surface area contributed by atoms with Crippen LogP contribution in [0.25, 0.3) is 0 Å². The topological polar surface area (TPSA) is 45.5 Å². The number of phenols is 1. The largest absolute Gasteiger partial charge is 0.507 e. The van der Waals surface area contributed by atoms with Gasteiger partial charge in [0.25, 0.3) is 0 Å². The third-order valence-corrected chi connectivity index (χ3v) is 4.14. The van der Waals surface area contributed by atoms with Crippen molar-refractivity contribution in [3.05, 3.63) is 88.2 Å². The second-order valence-electron chi connectivity index (χ2n) is 5.45. The molecule has 0 spiro atoms. The number of benzene rings is 2. The Morgan fingerprint density at radius 2 is 1.92 bits per heavy atom.